The summed E-state index contributed by atoms with van der Waals surface area (Å²) in [5.74, 6) is -0.0885. The summed E-state index contributed by atoms with van der Waals surface area (Å²) in [6, 6.07) is 7.16. The molecular formula is C22H29N3O3. The van der Waals surface area contributed by atoms with Crippen LogP contribution in [0.15, 0.2) is 29.1 Å². The molecule has 2 saturated heterocycles. The summed E-state index contributed by atoms with van der Waals surface area (Å²) in [7, 11) is 0. The maximum Gasteiger partial charge on any atom is 0.254 e. The zero-order chi connectivity index (χ0) is 19.7. The lowest BCUT2D eigenvalue weighted by molar-refractivity contribution is 0.0180. The standard InChI is InChI=1S/C22H29N3O3/c1-16-4-5-19-17(12-16)18(13-20(27)23-19)21(28)25-10-6-22(15-26,7-11-25)14-24-8-2-3-9-24/h4-5,12-13,26H,2-3,6-11,14-15H2,1H3,(H,23,27). The highest BCUT2D eigenvalue weighted by Crippen LogP contribution is 2.34. The number of hydrogen-bond donors (Lipinski definition) is 2. The van der Waals surface area contributed by atoms with Crippen LogP contribution in [-0.2, 0) is 0 Å². The quantitative estimate of drug-likeness (QED) is 0.848. The Morgan fingerprint density at radius 2 is 1.86 bits per heavy atom. The van der Waals surface area contributed by atoms with Gasteiger partial charge < -0.3 is 19.9 Å². The van der Waals surface area contributed by atoms with Crippen molar-refractivity contribution < 1.29 is 9.90 Å². The van der Waals surface area contributed by atoms with Gasteiger partial charge in [0.2, 0.25) is 5.56 Å². The van der Waals surface area contributed by atoms with E-state index < -0.39 is 0 Å². The van der Waals surface area contributed by atoms with Gasteiger partial charge in [0.15, 0.2) is 0 Å². The number of aromatic nitrogens is 1. The number of carbonyl (C=O) groups excluding carboxylic acids is 1. The van der Waals surface area contributed by atoms with Crippen LogP contribution < -0.4 is 5.56 Å². The monoisotopic (exact) mass is 383 g/mol. The van der Waals surface area contributed by atoms with E-state index in [0.29, 0.717) is 24.2 Å². The van der Waals surface area contributed by atoms with Crippen LogP contribution >= 0.6 is 0 Å². The van der Waals surface area contributed by atoms with Gasteiger partial charge in [0.25, 0.3) is 5.91 Å². The van der Waals surface area contributed by atoms with Crippen molar-refractivity contribution in [3.05, 3.63) is 45.7 Å². The Bertz CT molecular complexity index is 922. The topological polar surface area (TPSA) is 76.6 Å². The van der Waals surface area contributed by atoms with Crippen molar-refractivity contribution in [1.82, 2.24) is 14.8 Å². The first-order valence-electron chi connectivity index (χ1n) is 10.3. The van der Waals surface area contributed by atoms with Gasteiger partial charge in [-0.1, -0.05) is 11.6 Å². The van der Waals surface area contributed by atoms with Gasteiger partial charge in [-0.2, -0.15) is 0 Å². The summed E-state index contributed by atoms with van der Waals surface area (Å²) in [4.78, 5) is 32.4. The molecule has 0 spiro atoms. The summed E-state index contributed by atoms with van der Waals surface area (Å²) < 4.78 is 0. The second-order valence-corrected chi connectivity index (χ2v) is 8.53. The molecule has 6 heteroatoms. The number of aromatic amines is 1. The number of pyridine rings is 1. The second-order valence-electron chi connectivity index (χ2n) is 8.53. The average Bonchev–Trinajstić information content (AvgIpc) is 3.20. The number of aliphatic hydroxyl groups excluding tert-OH is 1. The van der Waals surface area contributed by atoms with Crippen molar-refractivity contribution in [3.8, 4) is 0 Å². The molecule has 0 atom stereocenters. The fourth-order valence-corrected chi connectivity index (χ4v) is 4.68. The minimum atomic E-state index is -0.254. The minimum Gasteiger partial charge on any atom is -0.396 e. The van der Waals surface area contributed by atoms with E-state index in [1.165, 1.54) is 18.9 Å². The largest absolute Gasteiger partial charge is 0.396 e. The molecule has 3 heterocycles. The van der Waals surface area contributed by atoms with E-state index in [2.05, 4.69) is 9.88 Å². The molecule has 28 heavy (non-hydrogen) atoms. The highest BCUT2D eigenvalue weighted by atomic mass is 16.3. The van der Waals surface area contributed by atoms with E-state index in [1.807, 2.05) is 30.0 Å². The number of hydrogen-bond acceptors (Lipinski definition) is 4. The second kappa shape index (κ2) is 7.68. The molecule has 2 aromatic rings. The Balaban J connectivity index is 1.53. The summed E-state index contributed by atoms with van der Waals surface area (Å²) >= 11 is 0. The van der Waals surface area contributed by atoms with E-state index in [9.17, 15) is 14.7 Å². The van der Waals surface area contributed by atoms with Crippen molar-refractivity contribution >= 4 is 16.8 Å². The molecule has 4 rings (SSSR count). The predicted octanol–water partition coefficient (Wildman–Crippen LogP) is 2.15. The molecule has 150 valence electrons. The Morgan fingerprint density at radius 3 is 2.54 bits per heavy atom. The molecule has 6 nitrogen and oxygen atoms in total. The minimum absolute atomic E-state index is 0.0885. The number of likely N-dealkylation sites (tertiary alicyclic amines) is 2. The van der Waals surface area contributed by atoms with Gasteiger partial charge >= 0.3 is 0 Å². The van der Waals surface area contributed by atoms with Gasteiger partial charge in [0, 0.05) is 42.0 Å². The van der Waals surface area contributed by atoms with Crippen LogP contribution in [0.25, 0.3) is 10.9 Å². The van der Waals surface area contributed by atoms with Crippen molar-refractivity contribution in [2.24, 2.45) is 5.41 Å². The van der Waals surface area contributed by atoms with Crippen molar-refractivity contribution in [2.45, 2.75) is 32.6 Å². The molecule has 2 N–H and O–H groups in total. The predicted molar refractivity (Wildman–Crippen MR) is 110 cm³/mol. The fraction of sp³-hybridized carbons (Fsp3) is 0.545. The summed E-state index contributed by atoms with van der Waals surface area (Å²) in [6.45, 7) is 6.52. The third kappa shape index (κ3) is 3.71. The van der Waals surface area contributed by atoms with Crippen molar-refractivity contribution in [2.75, 3.05) is 39.3 Å². The van der Waals surface area contributed by atoms with Crippen LogP contribution in [0, 0.1) is 12.3 Å². The SMILES string of the molecule is Cc1ccc2[nH]c(=O)cc(C(=O)N3CCC(CO)(CN4CCCC4)CC3)c2c1. The number of amides is 1. The molecular weight excluding hydrogens is 354 g/mol. The number of H-pyrrole nitrogens is 1. The van der Waals surface area contributed by atoms with E-state index in [-0.39, 0.29) is 23.5 Å². The van der Waals surface area contributed by atoms with Gasteiger partial charge in [-0.3, -0.25) is 9.59 Å². The lowest BCUT2D eigenvalue weighted by Crippen LogP contribution is -2.49. The summed E-state index contributed by atoms with van der Waals surface area (Å²) in [5.41, 5.74) is 1.84. The molecule has 0 aliphatic carbocycles. The number of nitrogens with zero attached hydrogens (tertiary/aromatic N) is 2. The maximum absolute atomic E-state index is 13.2. The molecule has 1 aromatic heterocycles. The number of fused-ring (bicyclic) bond motifs is 1. The van der Waals surface area contributed by atoms with Crippen LogP contribution in [0.5, 0.6) is 0 Å². The zero-order valence-corrected chi connectivity index (χ0v) is 16.5. The van der Waals surface area contributed by atoms with E-state index in [4.69, 9.17) is 0 Å². The molecule has 0 radical (unpaired) electrons. The van der Waals surface area contributed by atoms with Gasteiger partial charge in [-0.15, -0.1) is 0 Å². The Morgan fingerprint density at radius 1 is 1.14 bits per heavy atom. The highest BCUT2D eigenvalue weighted by molar-refractivity contribution is 6.06. The van der Waals surface area contributed by atoms with E-state index in [0.717, 1.165) is 43.4 Å². The Kier molecular flexibility index (Phi) is 5.25. The van der Waals surface area contributed by atoms with Crippen LogP contribution in [0.2, 0.25) is 0 Å². The highest BCUT2D eigenvalue weighted by Gasteiger charge is 2.37. The van der Waals surface area contributed by atoms with E-state index in [1.54, 1.807) is 0 Å². The molecule has 2 aliphatic rings. The lowest BCUT2D eigenvalue weighted by Gasteiger charge is -2.42. The smallest absolute Gasteiger partial charge is 0.254 e. The summed E-state index contributed by atoms with van der Waals surface area (Å²) in [5, 5.41) is 10.9. The van der Waals surface area contributed by atoms with Gasteiger partial charge in [0.1, 0.15) is 0 Å². The van der Waals surface area contributed by atoms with Crippen LogP contribution in [-0.4, -0.2) is 65.1 Å². The van der Waals surface area contributed by atoms with Crippen LogP contribution in [0.1, 0.15) is 41.6 Å². The molecule has 0 bridgehead atoms. The zero-order valence-electron chi connectivity index (χ0n) is 16.5. The molecule has 0 unspecified atom stereocenters. The molecule has 1 aromatic carbocycles. The fourth-order valence-electron chi connectivity index (χ4n) is 4.68. The van der Waals surface area contributed by atoms with Crippen LogP contribution in [0.4, 0.5) is 0 Å². The normalized spacial score (nSPS) is 20.0. The maximum atomic E-state index is 13.2. The number of rotatable bonds is 4. The van der Waals surface area contributed by atoms with Crippen LogP contribution in [0.3, 0.4) is 0 Å². The first-order chi connectivity index (χ1) is 13.5. The lowest BCUT2D eigenvalue weighted by atomic mass is 9.78. The third-order valence-corrected chi connectivity index (χ3v) is 6.43. The Labute approximate surface area is 165 Å². The van der Waals surface area contributed by atoms with Gasteiger partial charge in [-0.05, 0) is 57.8 Å². The number of carbonyl (C=O) groups is 1. The molecule has 0 saturated carbocycles. The van der Waals surface area contributed by atoms with Gasteiger partial charge in [-0.25, -0.2) is 0 Å². The number of piperidine rings is 1. The number of aryl methyl sites for hydroxylation is 1. The van der Waals surface area contributed by atoms with Gasteiger partial charge in [0.05, 0.1) is 12.2 Å². The van der Waals surface area contributed by atoms with Crippen molar-refractivity contribution in [1.29, 1.82) is 0 Å². The van der Waals surface area contributed by atoms with Crippen molar-refractivity contribution in [3.63, 3.8) is 0 Å². The molecule has 1 amide bonds. The molecule has 2 aliphatic heterocycles. The first kappa shape index (κ1) is 19.2. The first-order valence-corrected chi connectivity index (χ1v) is 10.3. The number of benzene rings is 1. The van der Waals surface area contributed by atoms with E-state index >= 15 is 0 Å². The average molecular weight is 383 g/mol. The number of nitrogens with one attached hydrogen (secondary N) is 1. The summed E-state index contributed by atoms with van der Waals surface area (Å²) in [6.07, 6.45) is 4.07. The third-order valence-electron chi connectivity index (χ3n) is 6.43. The molecule has 2 fully saturated rings. The Hall–Kier alpha value is -2.18. The number of aliphatic hydroxyl groups is 1.